The van der Waals surface area contributed by atoms with E-state index in [0.717, 1.165) is 34.8 Å². The van der Waals surface area contributed by atoms with Crippen LogP contribution in [0.4, 0.5) is 0 Å². The van der Waals surface area contributed by atoms with Crippen molar-refractivity contribution in [3.8, 4) is 10.7 Å². The predicted molar refractivity (Wildman–Crippen MR) is 68.3 cm³/mol. The molecule has 17 heavy (non-hydrogen) atoms. The van der Waals surface area contributed by atoms with Crippen LogP contribution in [0.3, 0.4) is 0 Å². The molecular formula is C12H11ClN2OS. The van der Waals surface area contributed by atoms with E-state index in [0.29, 0.717) is 10.7 Å². The zero-order chi connectivity index (χ0) is 11.8. The molecule has 0 spiro atoms. The highest BCUT2D eigenvalue weighted by Crippen LogP contribution is 2.38. The molecule has 0 saturated heterocycles. The molecule has 3 nitrogen and oxygen atoms in total. The van der Waals surface area contributed by atoms with Gasteiger partial charge in [0.15, 0.2) is 0 Å². The second-order valence-electron chi connectivity index (χ2n) is 4.07. The monoisotopic (exact) mass is 266 g/mol. The van der Waals surface area contributed by atoms with Gasteiger partial charge in [0, 0.05) is 6.20 Å². The molecule has 0 bridgehead atoms. The van der Waals surface area contributed by atoms with Gasteiger partial charge in [-0.15, -0.1) is 11.3 Å². The van der Waals surface area contributed by atoms with E-state index in [1.54, 1.807) is 18.3 Å². The van der Waals surface area contributed by atoms with E-state index in [4.69, 9.17) is 11.6 Å². The summed E-state index contributed by atoms with van der Waals surface area (Å²) in [6, 6.07) is 3.61. The predicted octanol–water partition coefficient (Wildman–Crippen LogP) is 3.23. The van der Waals surface area contributed by atoms with Gasteiger partial charge in [0.05, 0.1) is 21.7 Å². The van der Waals surface area contributed by atoms with E-state index < -0.39 is 0 Å². The molecule has 0 saturated carbocycles. The first-order chi connectivity index (χ1) is 8.25. The molecule has 1 aliphatic rings. The number of aromatic nitrogens is 2. The zero-order valence-corrected chi connectivity index (χ0v) is 10.6. The second-order valence-corrected chi connectivity index (χ2v) is 5.51. The topological polar surface area (TPSA) is 46.0 Å². The van der Waals surface area contributed by atoms with Gasteiger partial charge in [0.1, 0.15) is 10.7 Å². The lowest BCUT2D eigenvalue weighted by Crippen LogP contribution is -2.06. The van der Waals surface area contributed by atoms with E-state index in [-0.39, 0.29) is 6.10 Å². The van der Waals surface area contributed by atoms with Crippen LogP contribution < -0.4 is 0 Å². The summed E-state index contributed by atoms with van der Waals surface area (Å²) in [6.07, 6.45) is 4.09. The SMILES string of the molecule is OC1CCCc2nc(-c3ncccc3Cl)sc21. The Morgan fingerprint density at radius 3 is 3.12 bits per heavy atom. The lowest BCUT2D eigenvalue weighted by atomic mass is 10.0. The second kappa shape index (κ2) is 4.37. The highest BCUT2D eigenvalue weighted by Gasteiger charge is 2.24. The Morgan fingerprint density at radius 1 is 1.47 bits per heavy atom. The molecule has 0 aliphatic heterocycles. The first-order valence-corrected chi connectivity index (χ1v) is 6.73. The first-order valence-electron chi connectivity index (χ1n) is 5.54. The molecule has 0 fully saturated rings. The largest absolute Gasteiger partial charge is 0.388 e. The third kappa shape index (κ3) is 1.97. The summed E-state index contributed by atoms with van der Waals surface area (Å²) in [5.41, 5.74) is 1.71. The molecule has 1 aliphatic carbocycles. The number of halogens is 1. The van der Waals surface area contributed by atoms with E-state index >= 15 is 0 Å². The molecule has 0 radical (unpaired) electrons. The highest BCUT2D eigenvalue weighted by atomic mass is 35.5. The number of nitrogens with zero attached hydrogens (tertiary/aromatic N) is 2. The fourth-order valence-electron chi connectivity index (χ4n) is 2.04. The summed E-state index contributed by atoms with van der Waals surface area (Å²) in [5.74, 6) is 0. The molecule has 0 aromatic carbocycles. The number of hydrogen-bond acceptors (Lipinski definition) is 4. The zero-order valence-electron chi connectivity index (χ0n) is 9.06. The highest BCUT2D eigenvalue weighted by molar-refractivity contribution is 7.15. The Morgan fingerprint density at radius 2 is 2.35 bits per heavy atom. The van der Waals surface area contributed by atoms with Crippen molar-refractivity contribution in [2.24, 2.45) is 0 Å². The molecule has 1 N–H and O–H groups in total. The summed E-state index contributed by atoms with van der Waals surface area (Å²) < 4.78 is 0. The third-order valence-electron chi connectivity index (χ3n) is 2.88. The minimum Gasteiger partial charge on any atom is -0.388 e. The molecular weight excluding hydrogens is 256 g/mol. The van der Waals surface area contributed by atoms with Crippen molar-refractivity contribution in [1.29, 1.82) is 0 Å². The Bertz CT molecular complexity index is 555. The van der Waals surface area contributed by atoms with Gasteiger partial charge in [-0.2, -0.15) is 0 Å². The standard InChI is InChI=1S/C12H11ClN2OS/c13-7-3-2-6-14-10(7)12-15-8-4-1-5-9(16)11(8)17-12/h2-3,6,9,16H,1,4-5H2. The van der Waals surface area contributed by atoms with E-state index in [1.807, 2.05) is 0 Å². The van der Waals surface area contributed by atoms with Gasteiger partial charge in [-0.25, -0.2) is 4.98 Å². The van der Waals surface area contributed by atoms with E-state index in [2.05, 4.69) is 9.97 Å². The smallest absolute Gasteiger partial charge is 0.144 e. The van der Waals surface area contributed by atoms with Crippen molar-refractivity contribution in [2.45, 2.75) is 25.4 Å². The molecule has 88 valence electrons. The summed E-state index contributed by atoms with van der Waals surface area (Å²) in [7, 11) is 0. The summed E-state index contributed by atoms with van der Waals surface area (Å²) in [6.45, 7) is 0. The Balaban J connectivity index is 2.08. The first kappa shape index (κ1) is 11.1. The molecule has 1 atom stereocenters. The lowest BCUT2D eigenvalue weighted by Gasteiger charge is -2.14. The number of fused-ring (bicyclic) bond motifs is 1. The molecule has 0 amide bonds. The maximum absolute atomic E-state index is 9.91. The van der Waals surface area contributed by atoms with Crippen molar-refractivity contribution in [3.63, 3.8) is 0 Å². The summed E-state index contributed by atoms with van der Waals surface area (Å²) in [5, 5.41) is 11.3. The molecule has 2 heterocycles. The van der Waals surface area contributed by atoms with Crippen molar-refractivity contribution < 1.29 is 5.11 Å². The number of aliphatic hydroxyl groups is 1. The van der Waals surface area contributed by atoms with Crippen LogP contribution >= 0.6 is 22.9 Å². The molecule has 5 heteroatoms. The average molecular weight is 267 g/mol. The number of rotatable bonds is 1. The minimum atomic E-state index is -0.368. The fourth-order valence-corrected chi connectivity index (χ4v) is 3.45. The number of pyridine rings is 1. The maximum Gasteiger partial charge on any atom is 0.144 e. The molecule has 2 aromatic heterocycles. The van der Waals surface area contributed by atoms with Crippen LogP contribution in [-0.4, -0.2) is 15.1 Å². The molecule has 1 unspecified atom stereocenters. The maximum atomic E-state index is 9.91. The van der Waals surface area contributed by atoms with Gasteiger partial charge < -0.3 is 5.11 Å². The average Bonchev–Trinajstić information content (AvgIpc) is 2.75. The van der Waals surface area contributed by atoms with Crippen molar-refractivity contribution >= 4 is 22.9 Å². The van der Waals surface area contributed by atoms with Crippen LogP contribution in [0.2, 0.25) is 5.02 Å². The van der Waals surface area contributed by atoms with Crippen LogP contribution in [0, 0.1) is 0 Å². The van der Waals surface area contributed by atoms with Gasteiger partial charge in [-0.3, -0.25) is 4.98 Å². The van der Waals surface area contributed by atoms with Crippen LogP contribution in [0.25, 0.3) is 10.7 Å². The summed E-state index contributed by atoms with van der Waals surface area (Å²) >= 11 is 7.60. The van der Waals surface area contributed by atoms with Gasteiger partial charge in [-0.1, -0.05) is 11.6 Å². The Hall–Kier alpha value is -0.970. The van der Waals surface area contributed by atoms with Gasteiger partial charge in [0.25, 0.3) is 0 Å². The van der Waals surface area contributed by atoms with Crippen LogP contribution in [-0.2, 0) is 6.42 Å². The van der Waals surface area contributed by atoms with E-state index in [9.17, 15) is 5.11 Å². The minimum absolute atomic E-state index is 0.368. The van der Waals surface area contributed by atoms with Crippen molar-refractivity contribution in [2.75, 3.05) is 0 Å². The van der Waals surface area contributed by atoms with E-state index in [1.165, 1.54) is 11.3 Å². The van der Waals surface area contributed by atoms with Gasteiger partial charge >= 0.3 is 0 Å². The van der Waals surface area contributed by atoms with Crippen LogP contribution in [0.5, 0.6) is 0 Å². The number of aliphatic hydroxyl groups excluding tert-OH is 1. The Kier molecular flexibility index (Phi) is 2.86. The number of hydrogen-bond donors (Lipinski definition) is 1. The van der Waals surface area contributed by atoms with Crippen LogP contribution in [0.15, 0.2) is 18.3 Å². The van der Waals surface area contributed by atoms with Crippen molar-refractivity contribution in [1.82, 2.24) is 9.97 Å². The van der Waals surface area contributed by atoms with Crippen LogP contribution in [0.1, 0.15) is 29.5 Å². The van der Waals surface area contributed by atoms with Gasteiger partial charge in [-0.05, 0) is 31.4 Å². The number of aryl methyl sites for hydroxylation is 1. The fraction of sp³-hybridized carbons (Fsp3) is 0.333. The van der Waals surface area contributed by atoms with Gasteiger partial charge in [0.2, 0.25) is 0 Å². The molecule has 3 rings (SSSR count). The quantitative estimate of drug-likeness (QED) is 0.862. The lowest BCUT2D eigenvalue weighted by molar-refractivity contribution is 0.160. The van der Waals surface area contributed by atoms with Crippen molar-refractivity contribution in [3.05, 3.63) is 33.9 Å². The molecule has 2 aromatic rings. The Labute approximate surface area is 108 Å². The third-order valence-corrected chi connectivity index (χ3v) is 4.39. The normalized spacial score (nSPS) is 19.1. The summed E-state index contributed by atoms with van der Waals surface area (Å²) in [4.78, 5) is 9.77. The number of thiazole rings is 1.